The van der Waals surface area contributed by atoms with Crippen LogP contribution in [-0.2, 0) is 4.79 Å². The molecule has 2 aliphatic rings. The van der Waals surface area contributed by atoms with Crippen molar-refractivity contribution >= 4 is 5.91 Å². The number of aliphatic hydroxyl groups excluding tert-OH is 2. The predicted molar refractivity (Wildman–Crippen MR) is 91.7 cm³/mol. The minimum atomic E-state index is -1.12. The lowest BCUT2D eigenvalue weighted by atomic mass is 10.0. The highest BCUT2D eigenvalue weighted by atomic mass is 16.6. The third kappa shape index (κ3) is 4.42. The number of fused-ring (bicyclic) bond motifs is 1. The fourth-order valence-corrected chi connectivity index (χ4v) is 3.25. The van der Waals surface area contributed by atoms with Gasteiger partial charge in [-0.25, -0.2) is 0 Å². The number of ether oxygens (including phenoxy) is 2. The van der Waals surface area contributed by atoms with Crippen molar-refractivity contribution in [2.75, 3.05) is 32.8 Å². The van der Waals surface area contributed by atoms with E-state index in [0.29, 0.717) is 36.8 Å². The average Bonchev–Trinajstić information content (AvgIpc) is 3.13. The lowest BCUT2D eigenvalue weighted by Gasteiger charge is -2.29. The van der Waals surface area contributed by atoms with Crippen molar-refractivity contribution in [1.29, 1.82) is 0 Å². The molecule has 7 nitrogen and oxygen atoms in total. The monoisotopic (exact) mass is 350 g/mol. The maximum absolute atomic E-state index is 12.0. The fraction of sp³-hybridized carbons (Fsp3) is 0.611. The molecule has 0 radical (unpaired) electrons. The summed E-state index contributed by atoms with van der Waals surface area (Å²) in [5, 5.41) is 23.1. The van der Waals surface area contributed by atoms with Crippen molar-refractivity contribution in [1.82, 2.24) is 10.2 Å². The first-order chi connectivity index (χ1) is 12.0. The summed E-state index contributed by atoms with van der Waals surface area (Å²) in [6.45, 7) is 4.84. The van der Waals surface area contributed by atoms with Crippen LogP contribution in [0, 0.1) is 0 Å². The second-order valence-corrected chi connectivity index (χ2v) is 6.65. The number of carbonyl (C=O) groups excluding carboxylic acids is 1. The van der Waals surface area contributed by atoms with Crippen LogP contribution in [0.15, 0.2) is 18.2 Å². The van der Waals surface area contributed by atoms with Crippen LogP contribution in [0.5, 0.6) is 11.5 Å². The third-order valence-electron chi connectivity index (χ3n) is 4.65. The van der Waals surface area contributed by atoms with Crippen LogP contribution in [0.25, 0.3) is 0 Å². The van der Waals surface area contributed by atoms with Gasteiger partial charge in [-0.3, -0.25) is 4.79 Å². The number of nitrogens with zero attached hydrogens (tertiary/aromatic N) is 1. The number of benzene rings is 1. The lowest BCUT2D eigenvalue weighted by molar-refractivity contribution is -0.130. The summed E-state index contributed by atoms with van der Waals surface area (Å²) in [7, 11) is 0. The second-order valence-electron chi connectivity index (χ2n) is 6.65. The molecule has 0 saturated carbocycles. The Balaban J connectivity index is 1.76. The highest BCUT2D eigenvalue weighted by Gasteiger charge is 2.28. The van der Waals surface area contributed by atoms with E-state index in [1.165, 1.54) is 6.92 Å². The minimum absolute atomic E-state index is 0.475. The molecule has 3 atom stereocenters. The summed E-state index contributed by atoms with van der Waals surface area (Å²) in [6, 6.07) is 4.80. The first-order valence-electron chi connectivity index (χ1n) is 8.83. The van der Waals surface area contributed by atoms with Gasteiger partial charge in [-0.15, -0.1) is 0 Å². The van der Waals surface area contributed by atoms with Crippen LogP contribution < -0.4 is 14.8 Å². The lowest BCUT2D eigenvalue weighted by Crippen LogP contribution is -2.49. The second kappa shape index (κ2) is 8.03. The molecule has 3 rings (SSSR count). The zero-order valence-electron chi connectivity index (χ0n) is 14.5. The minimum Gasteiger partial charge on any atom is -0.486 e. The van der Waals surface area contributed by atoms with Gasteiger partial charge in [0.25, 0.3) is 0 Å². The summed E-state index contributed by atoms with van der Waals surface area (Å²) in [4.78, 5) is 14.2. The van der Waals surface area contributed by atoms with Gasteiger partial charge < -0.3 is 29.9 Å². The topological polar surface area (TPSA) is 91.3 Å². The van der Waals surface area contributed by atoms with Crippen molar-refractivity contribution in [2.24, 2.45) is 0 Å². The molecule has 1 saturated heterocycles. The van der Waals surface area contributed by atoms with Crippen LogP contribution in [-0.4, -0.2) is 66.0 Å². The van der Waals surface area contributed by atoms with E-state index in [2.05, 4.69) is 10.2 Å². The van der Waals surface area contributed by atoms with Gasteiger partial charge in [0.05, 0.1) is 6.04 Å². The normalized spacial score (nSPS) is 20.8. The van der Waals surface area contributed by atoms with Gasteiger partial charge >= 0.3 is 0 Å². The Morgan fingerprint density at radius 1 is 1.20 bits per heavy atom. The Bertz CT molecular complexity index is 601. The van der Waals surface area contributed by atoms with Gasteiger partial charge in [0, 0.05) is 6.54 Å². The van der Waals surface area contributed by atoms with Gasteiger partial charge in [0.15, 0.2) is 11.5 Å². The van der Waals surface area contributed by atoms with E-state index in [4.69, 9.17) is 9.47 Å². The molecule has 0 aliphatic carbocycles. The zero-order valence-corrected chi connectivity index (χ0v) is 14.5. The predicted octanol–water partition coefficient (Wildman–Crippen LogP) is 0.453. The van der Waals surface area contributed by atoms with E-state index in [1.54, 1.807) is 18.2 Å². The number of rotatable bonds is 6. The smallest absolute Gasteiger partial charge is 0.248 e. The Morgan fingerprint density at radius 3 is 2.56 bits per heavy atom. The highest BCUT2D eigenvalue weighted by molar-refractivity contribution is 5.80. The van der Waals surface area contributed by atoms with Crippen LogP contribution in [0.3, 0.4) is 0 Å². The molecule has 1 aromatic carbocycles. The third-order valence-corrected chi connectivity index (χ3v) is 4.65. The molecule has 1 amide bonds. The Morgan fingerprint density at radius 2 is 1.88 bits per heavy atom. The maximum Gasteiger partial charge on any atom is 0.248 e. The van der Waals surface area contributed by atoms with Gasteiger partial charge in [-0.2, -0.15) is 0 Å². The summed E-state index contributed by atoms with van der Waals surface area (Å²) in [5.41, 5.74) is 0.652. The molecule has 0 aromatic heterocycles. The quantitative estimate of drug-likeness (QED) is 0.690. The van der Waals surface area contributed by atoms with Crippen molar-refractivity contribution in [3.05, 3.63) is 23.8 Å². The summed E-state index contributed by atoms with van der Waals surface area (Å²) < 4.78 is 11.1. The van der Waals surface area contributed by atoms with Crippen molar-refractivity contribution in [3.63, 3.8) is 0 Å². The molecular formula is C18H26N2O5. The van der Waals surface area contributed by atoms with Gasteiger partial charge in [-0.1, -0.05) is 6.07 Å². The molecular weight excluding hydrogens is 324 g/mol. The molecule has 7 heteroatoms. The van der Waals surface area contributed by atoms with Crippen LogP contribution in [0.2, 0.25) is 0 Å². The van der Waals surface area contributed by atoms with Crippen LogP contribution >= 0.6 is 0 Å². The first kappa shape index (κ1) is 18.0. The molecule has 138 valence electrons. The molecule has 0 bridgehead atoms. The van der Waals surface area contributed by atoms with Crippen LogP contribution in [0.4, 0.5) is 0 Å². The van der Waals surface area contributed by atoms with Crippen molar-refractivity contribution < 1.29 is 24.5 Å². The van der Waals surface area contributed by atoms with Crippen molar-refractivity contribution in [3.8, 4) is 11.5 Å². The zero-order chi connectivity index (χ0) is 17.8. The average molecular weight is 350 g/mol. The number of aliphatic hydroxyl groups is 2. The van der Waals surface area contributed by atoms with Gasteiger partial charge in [-0.05, 0) is 50.6 Å². The van der Waals surface area contributed by atoms with E-state index in [1.807, 2.05) is 0 Å². The molecule has 3 N–H and O–H groups in total. The number of nitrogens with one attached hydrogen (secondary N) is 1. The molecule has 1 unspecified atom stereocenters. The molecule has 0 spiro atoms. The Labute approximate surface area is 147 Å². The number of likely N-dealkylation sites (tertiary alicyclic amines) is 1. The van der Waals surface area contributed by atoms with E-state index >= 15 is 0 Å². The molecule has 1 fully saturated rings. The largest absolute Gasteiger partial charge is 0.486 e. The van der Waals surface area contributed by atoms with E-state index in [-0.39, 0.29) is 0 Å². The highest BCUT2D eigenvalue weighted by Crippen LogP contribution is 2.33. The molecule has 1 aromatic rings. The van der Waals surface area contributed by atoms with E-state index in [9.17, 15) is 15.0 Å². The number of hydrogen-bond donors (Lipinski definition) is 3. The van der Waals surface area contributed by atoms with Gasteiger partial charge in [0.2, 0.25) is 5.91 Å². The number of amides is 1. The fourth-order valence-electron chi connectivity index (χ4n) is 3.25. The van der Waals surface area contributed by atoms with E-state index in [0.717, 1.165) is 25.9 Å². The number of carbonyl (C=O) groups is 1. The standard InChI is InChI=1S/C18H26N2O5/c1-12(21)18(23)19-14(11-20-6-2-3-7-20)17(22)13-4-5-15-16(10-13)25-9-8-24-15/h4-5,10,12,14,17,21-22H,2-3,6-9,11H2,1H3,(H,19,23)/t12?,14-,17-/m1/s1. The molecule has 2 heterocycles. The SMILES string of the molecule is CC(O)C(=O)N[C@H](CN1CCCC1)[C@H](O)c1ccc2c(c1)OCCO2. The summed E-state index contributed by atoms with van der Waals surface area (Å²) in [5.74, 6) is 0.775. The first-order valence-corrected chi connectivity index (χ1v) is 8.83. The molecule has 2 aliphatic heterocycles. The van der Waals surface area contributed by atoms with Crippen LogP contribution in [0.1, 0.15) is 31.4 Å². The number of hydrogen-bond acceptors (Lipinski definition) is 6. The summed E-state index contributed by atoms with van der Waals surface area (Å²) >= 11 is 0. The maximum atomic E-state index is 12.0. The molecule has 25 heavy (non-hydrogen) atoms. The summed E-state index contributed by atoms with van der Waals surface area (Å²) in [6.07, 6.45) is 0.224. The Hall–Kier alpha value is -1.83. The Kier molecular flexibility index (Phi) is 5.78. The van der Waals surface area contributed by atoms with E-state index < -0.39 is 24.2 Å². The van der Waals surface area contributed by atoms with Gasteiger partial charge in [0.1, 0.15) is 25.4 Å². The van der Waals surface area contributed by atoms with Crippen molar-refractivity contribution in [2.45, 2.75) is 38.0 Å².